The zero-order valence-electron chi connectivity index (χ0n) is 15.2. The van der Waals surface area contributed by atoms with Crippen molar-refractivity contribution in [2.24, 2.45) is 0 Å². The summed E-state index contributed by atoms with van der Waals surface area (Å²) in [5.74, 6) is 0. The van der Waals surface area contributed by atoms with Crippen LogP contribution in [0.3, 0.4) is 0 Å². The van der Waals surface area contributed by atoms with Crippen LogP contribution in [0.4, 0.5) is 13.2 Å². The molecule has 0 radical (unpaired) electrons. The Balaban J connectivity index is 1.38. The SMILES string of the molecule is FC(F)(F)c1ccc(-c2nnn3c2CO[C@H]2CN(C4CCOCC4)C[C@@H]23)cc1. The molecule has 6 nitrogen and oxygen atoms in total. The fraction of sp³-hybridized carbons (Fsp3) is 0.579. The Morgan fingerprint density at radius 2 is 1.79 bits per heavy atom. The minimum absolute atomic E-state index is 0.0671. The second kappa shape index (κ2) is 6.82. The van der Waals surface area contributed by atoms with Crippen molar-refractivity contribution in [2.45, 2.75) is 43.8 Å². The van der Waals surface area contributed by atoms with E-state index in [0.29, 0.717) is 23.9 Å². The summed E-state index contributed by atoms with van der Waals surface area (Å²) in [5.41, 5.74) is 1.37. The average Bonchev–Trinajstić information content (AvgIpc) is 3.32. The van der Waals surface area contributed by atoms with Gasteiger partial charge < -0.3 is 9.47 Å². The fourth-order valence-corrected chi connectivity index (χ4v) is 4.47. The van der Waals surface area contributed by atoms with E-state index in [1.165, 1.54) is 12.1 Å². The molecule has 9 heteroatoms. The number of rotatable bonds is 2. The lowest BCUT2D eigenvalue weighted by Gasteiger charge is -2.30. The van der Waals surface area contributed by atoms with Gasteiger partial charge in [0.1, 0.15) is 5.69 Å². The van der Waals surface area contributed by atoms with Crippen LogP contribution in [0.15, 0.2) is 24.3 Å². The first-order chi connectivity index (χ1) is 13.5. The molecule has 5 rings (SSSR count). The molecule has 2 fully saturated rings. The van der Waals surface area contributed by atoms with Crippen LogP contribution in [0.2, 0.25) is 0 Å². The van der Waals surface area contributed by atoms with Crippen molar-refractivity contribution >= 4 is 0 Å². The Hall–Kier alpha value is -1.97. The van der Waals surface area contributed by atoms with Gasteiger partial charge in [-0.05, 0) is 25.0 Å². The van der Waals surface area contributed by atoms with Gasteiger partial charge in [0.15, 0.2) is 0 Å². The summed E-state index contributed by atoms with van der Waals surface area (Å²) in [6, 6.07) is 5.64. The van der Waals surface area contributed by atoms with Gasteiger partial charge in [0.05, 0.1) is 30.0 Å². The van der Waals surface area contributed by atoms with Gasteiger partial charge in [-0.1, -0.05) is 17.3 Å². The molecule has 0 aliphatic carbocycles. The molecule has 2 aromatic rings. The molecule has 3 aliphatic rings. The number of hydrogen-bond acceptors (Lipinski definition) is 5. The molecular formula is C19H21F3N4O2. The molecule has 1 aromatic carbocycles. The van der Waals surface area contributed by atoms with Crippen LogP contribution >= 0.6 is 0 Å². The van der Waals surface area contributed by atoms with Crippen LogP contribution in [-0.4, -0.2) is 58.3 Å². The van der Waals surface area contributed by atoms with Gasteiger partial charge in [-0.15, -0.1) is 5.10 Å². The molecule has 0 amide bonds. The maximum absolute atomic E-state index is 12.8. The minimum atomic E-state index is -4.35. The molecule has 0 spiro atoms. The molecule has 28 heavy (non-hydrogen) atoms. The summed E-state index contributed by atoms with van der Waals surface area (Å²) in [5, 5.41) is 8.61. The van der Waals surface area contributed by atoms with Gasteiger partial charge in [-0.3, -0.25) is 4.90 Å². The molecule has 0 N–H and O–H groups in total. The normalized spacial score (nSPS) is 26.2. The molecule has 0 bridgehead atoms. The number of alkyl halides is 3. The fourth-order valence-electron chi connectivity index (χ4n) is 4.47. The summed E-state index contributed by atoms with van der Waals surface area (Å²) >= 11 is 0. The van der Waals surface area contributed by atoms with Crippen LogP contribution in [-0.2, 0) is 22.3 Å². The Bertz CT molecular complexity index is 846. The topological polar surface area (TPSA) is 52.4 Å². The summed E-state index contributed by atoms with van der Waals surface area (Å²) in [6.45, 7) is 3.67. The van der Waals surface area contributed by atoms with Gasteiger partial charge in [-0.25, -0.2) is 4.68 Å². The van der Waals surface area contributed by atoms with Crippen LogP contribution in [0, 0.1) is 0 Å². The van der Waals surface area contributed by atoms with Crippen molar-refractivity contribution in [1.29, 1.82) is 0 Å². The molecule has 1 aromatic heterocycles. The number of halogens is 3. The third kappa shape index (κ3) is 3.11. The van der Waals surface area contributed by atoms with Crippen molar-refractivity contribution in [1.82, 2.24) is 19.9 Å². The van der Waals surface area contributed by atoms with Crippen LogP contribution in [0.1, 0.15) is 30.1 Å². The Labute approximate surface area is 160 Å². The van der Waals surface area contributed by atoms with Crippen molar-refractivity contribution in [2.75, 3.05) is 26.3 Å². The summed E-state index contributed by atoms with van der Waals surface area (Å²) < 4.78 is 51.9. The number of nitrogens with zero attached hydrogens (tertiary/aromatic N) is 4. The highest BCUT2D eigenvalue weighted by atomic mass is 19.4. The van der Waals surface area contributed by atoms with Crippen molar-refractivity contribution in [3.8, 4) is 11.3 Å². The molecule has 150 valence electrons. The second-order valence-corrected chi connectivity index (χ2v) is 7.62. The predicted octanol–water partition coefficient (Wildman–Crippen LogP) is 2.90. The Kier molecular flexibility index (Phi) is 4.41. The summed E-state index contributed by atoms with van der Waals surface area (Å²) in [6.07, 6.45) is -2.23. The van der Waals surface area contributed by atoms with Gasteiger partial charge in [-0.2, -0.15) is 13.2 Å². The van der Waals surface area contributed by atoms with Crippen molar-refractivity contribution in [3.63, 3.8) is 0 Å². The molecule has 3 aliphatic heterocycles. The smallest absolute Gasteiger partial charge is 0.381 e. The first-order valence-corrected chi connectivity index (χ1v) is 9.56. The first kappa shape index (κ1) is 18.1. The zero-order valence-corrected chi connectivity index (χ0v) is 15.2. The second-order valence-electron chi connectivity index (χ2n) is 7.62. The van der Waals surface area contributed by atoms with Crippen molar-refractivity contribution in [3.05, 3.63) is 35.5 Å². The number of likely N-dealkylation sites (tertiary alicyclic amines) is 1. The van der Waals surface area contributed by atoms with Gasteiger partial charge in [0.2, 0.25) is 0 Å². The van der Waals surface area contributed by atoms with E-state index in [-0.39, 0.29) is 12.1 Å². The third-order valence-electron chi connectivity index (χ3n) is 6.00. The molecule has 4 heterocycles. The standard InChI is InChI=1S/C19H21F3N4O2/c20-19(21,22)13-3-1-12(2-4-13)18-16-11-28-17-10-25(14-5-7-27-8-6-14)9-15(17)26(16)24-23-18/h1-4,14-15,17H,5-11H2/t15-,17-/m0/s1. The number of hydrogen-bond donors (Lipinski definition) is 0. The van der Waals surface area contributed by atoms with E-state index >= 15 is 0 Å². The minimum Gasteiger partial charge on any atom is -0.381 e. The van der Waals surface area contributed by atoms with E-state index < -0.39 is 11.7 Å². The Morgan fingerprint density at radius 1 is 1.04 bits per heavy atom. The number of fused-ring (bicyclic) bond motifs is 3. The van der Waals surface area contributed by atoms with Crippen LogP contribution in [0.5, 0.6) is 0 Å². The zero-order chi connectivity index (χ0) is 19.3. The lowest BCUT2D eigenvalue weighted by Crippen LogP contribution is -2.38. The van der Waals surface area contributed by atoms with E-state index in [1.54, 1.807) is 0 Å². The van der Waals surface area contributed by atoms with Crippen molar-refractivity contribution < 1.29 is 22.6 Å². The highest BCUT2D eigenvalue weighted by Gasteiger charge is 2.43. The number of benzene rings is 1. The highest BCUT2D eigenvalue weighted by molar-refractivity contribution is 5.62. The molecule has 2 atom stereocenters. The number of ether oxygens (including phenoxy) is 2. The lowest BCUT2D eigenvalue weighted by molar-refractivity contribution is -0.137. The van der Waals surface area contributed by atoms with E-state index in [0.717, 1.165) is 57.0 Å². The third-order valence-corrected chi connectivity index (χ3v) is 6.00. The van der Waals surface area contributed by atoms with Gasteiger partial charge in [0, 0.05) is 37.9 Å². The van der Waals surface area contributed by atoms with E-state index in [2.05, 4.69) is 15.2 Å². The van der Waals surface area contributed by atoms with E-state index in [4.69, 9.17) is 9.47 Å². The number of aromatic nitrogens is 3. The molecule has 0 saturated carbocycles. The molecule has 2 saturated heterocycles. The van der Waals surface area contributed by atoms with E-state index in [9.17, 15) is 13.2 Å². The van der Waals surface area contributed by atoms with E-state index in [1.807, 2.05) is 4.68 Å². The monoisotopic (exact) mass is 394 g/mol. The predicted molar refractivity (Wildman–Crippen MR) is 93.5 cm³/mol. The lowest BCUT2D eigenvalue weighted by atomic mass is 10.1. The quantitative estimate of drug-likeness (QED) is 0.784. The first-order valence-electron chi connectivity index (χ1n) is 9.56. The highest BCUT2D eigenvalue weighted by Crippen LogP contribution is 2.37. The summed E-state index contributed by atoms with van der Waals surface area (Å²) in [7, 11) is 0. The average molecular weight is 394 g/mol. The van der Waals surface area contributed by atoms with Crippen LogP contribution < -0.4 is 0 Å². The maximum Gasteiger partial charge on any atom is 0.416 e. The van der Waals surface area contributed by atoms with Crippen LogP contribution in [0.25, 0.3) is 11.3 Å². The molecular weight excluding hydrogens is 373 g/mol. The maximum atomic E-state index is 12.8. The Morgan fingerprint density at radius 3 is 2.50 bits per heavy atom. The van der Waals surface area contributed by atoms with Gasteiger partial charge in [0.25, 0.3) is 0 Å². The summed E-state index contributed by atoms with van der Waals surface area (Å²) in [4.78, 5) is 2.45. The largest absolute Gasteiger partial charge is 0.416 e. The van der Waals surface area contributed by atoms with Gasteiger partial charge >= 0.3 is 6.18 Å². The molecule has 0 unspecified atom stereocenters.